The number of halogens is 1. The number of esters is 1. The molecule has 0 spiro atoms. The van der Waals surface area contributed by atoms with Crippen molar-refractivity contribution in [3.05, 3.63) is 72.1 Å². The number of ether oxygens (including phenoxy) is 2. The lowest BCUT2D eigenvalue weighted by molar-refractivity contribution is -0.143. The van der Waals surface area contributed by atoms with Crippen molar-refractivity contribution < 1.29 is 27.5 Å². The maximum Gasteiger partial charge on any atom is 0.321 e. The lowest BCUT2D eigenvalue weighted by atomic mass is 9.87. The van der Waals surface area contributed by atoms with Crippen molar-refractivity contribution in [2.24, 2.45) is 5.92 Å². The summed E-state index contributed by atoms with van der Waals surface area (Å²) in [6.07, 6.45) is 6.58. The molecule has 3 heterocycles. The van der Waals surface area contributed by atoms with E-state index in [9.17, 15) is 18.0 Å². The summed E-state index contributed by atoms with van der Waals surface area (Å²) in [6, 6.07) is 15.0. The van der Waals surface area contributed by atoms with E-state index in [0.29, 0.717) is 45.0 Å². The molecule has 45 heavy (non-hydrogen) atoms. The fourth-order valence-corrected chi connectivity index (χ4v) is 7.59. The standard InChI is InChI=1S/C31H35N5O6S2.ClH/c1-3-42-28(37)20-36(19-23-10-6-7-17-32-23)44(39,40)24-13-11-22(12-14-24)25(18-21-8-4-5-9-21)29(38)35-31-33-26-15-16-27(41-2)34-30(26)43-31;/h6-7,10-17,21,25H,3-5,8-9,18-20H2,1-2H3,(H,33,35,38);1H. The number of thiazole rings is 1. The Bertz CT molecular complexity index is 1700. The number of amides is 1. The zero-order chi connectivity index (χ0) is 31.1. The SMILES string of the molecule is CCOC(=O)CN(Cc1ccccn1)S(=O)(=O)c1ccc(C(CC2CCCC2)C(=O)Nc2nc3ccc(OC)nc3s2)cc1.Cl. The summed E-state index contributed by atoms with van der Waals surface area (Å²) in [5, 5.41) is 3.40. The van der Waals surface area contributed by atoms with E-state index in [1.165, 1.54) is 23.5 Å². The van der Waals surface area contributed by atoms with E-state index in [-0.39, 0.29) is 36.4 Å². The van der Waals surface area contributed by atoms with Crippen molar-refractivity contribution in [1.82, 2.24) is 19.3 Å². The van der Waals surface area contributed by atoms with Gasteiger partial charge in [-0.3, -0.25) is 14.6 Å². The summed E-state index contributed by atoms with van der Waals surface area (Å²) in [7, 11) is -2.56. The highest BCUT2D eigenvalue weighted by molar-refractivity contribution is 7.89. The number of anilines is 1. The molecule has 1 aliphatic carbocycles. The smallest absolute Gasteiger partial charge is 0.321 e. The van der Waals surface area contributed by atoms with Crippen LogP contribution in [0.15, 0.2) is 65.7 Å². The van der Waals surface area contributed by atoms with Gasteiger partial charge in [0.05, 0.1) is 36.8 Å². The van der Waals surface area contributed by atoms with E-state index in [1.807, 2.05) is 0 Å². The molecule has 1 unspecified atom stereocenters. The van der Waals surface area contributed by atoms with Gasteiger partial charge in [0.15, 0.2) is 5.13 Å². The Balaban J connectivity index is 0.00000461. The van der Waals surface area contributed by atoms with Crippen molar-refractivity contribution in [2.75, 3.05) is 25.6 Å². The molecule has 1 amide bonds. The number of fused-ring (bicyclic) bond motifs is 1. The average molecular weight is 674 g/mol. The number of aromatic nitrogens is 3. The normalized spacial score (nSPS) is 14.2. The minimum Gasteiger partial charge on any atom is -0.481 e. The number of hydrogen-bond acceptors (Lipinski definition) is 10. The van der Waals surface area contributed by atoms with Crippen LogP contribution >= 0.6 is 23.7 Å². The van der Waals surface area contributed by atoms with Gasteiger partial charge in [-0.2, -0.15) is 4.31 Å². The van der Waals surface area contributed by atoms with Crippen LogP contribution in [0.25, 0.3) is 10.3 Å². The highest BCUT2D eigenvalue weighted by Crippen LogP contribution is 2.36. The first-order valence-electron chi connectivity index (χ1n) is 14.5. The Hall–Kier alpha value is -3.65. The number of carbonyl (C=O) groups excluding carboxylic acids is 2. The molecule has 5 rings (SSSR count). The third-order valence-electron chi connectivity index (χ3n) is 7.63. The van der Waals surface area contributed by atoms with Gasteiger partial charge in [0.25, 0.3) is 0 Å². The summed E-state index contributed by atoms with van der Waals surface area (Å²) in [5.74, 6) is -0.505. The molecule has 1 N–H and O–H groups in total. The monoisotopic (exact) mass is 673 g/mol. The summed E-state index contributed by atoms with van der Waals surface area (Å²) < 4.78 is 38.8. The Labute approximate surface area is 272 Å². The van der Waals surface area contributed by atoms with Crippen LogP contribution in [0.2, 0.25) is 0 Å². The summed E-state index contributed by atoms with van der Waals surface area (Å²) >= 11 is 1.27. The van der Waals surface area contributed by atoms with Gasteiger partial charge in [0.2, 0.25) is 21.8 Å². The molecule has 1 fully saturated rings. The maximum absolute atomic E-state index is 13.7. The summed E-state index contributed by atoms with van der Waals surface area (Å²) in [5.41, 5.74) is 1.86. The van der Waals surface area contributed by atoms with Crippen molar-refractivity contribution in [2.45, 2.75) is 56.4 Å². The second-order valence-electron chi connectivity index (χ2n) is 10.6. The van der Waals surface area contributed by atoms with Crippen molar-refractivity contribution in [3.63, 3.8) is 0 Å². The molecule has 1 atom stereocenters. The third-order valence-corrected chi connectivity index (χ3v) is 10.3. The number of rotatable bonds is 13. The van der Waals surface area contributed by atoms with Gasteiger partial charge in [-0.1, -0.05) is 55.2 Å². The Morgan fingerprint density at radius 1 is 1.07 bits per heavy atom. The van der Waals surface area contributed by atoms with Gasteiger partial charge in [0.1, 0.15) is 16.9 Å². The van der Waals surface area contributed by atoms with Crippen LogP contribution in [-0.4, -0.2) is 59.8 Å². The van der Waals surface area contributed by atoms with Gasteiger partial charge in [-0.15, -0.1) is 12.4 Å². The van der Waals surface area contributed by atoms with E-state index in [4.69, 9.17) is 9.47 Å². The maximum atomic E-state index is 13.7. The lowest BCUT2D eigenvalue weighted by Gasteiger charge is -2.22. The summed E-state index contributed by atoms with van der Waals surface area (Å²) in [4.78, 5) is 39.8. The Morgan fingerprint density at radius 2 is 1.82 bits per heavy atom. The zero-order valence-electron chi connectivity index (χ0n) is 25.0. The number of hydrogen-bond donors (Lipinski definition) is 1. The van der Waals surface area contributed by atoms with Crippen molar-refractivity contribution in [1.29, 1.82) is 0 Å². The van der Waals surface area contributed by atoms with Crippen LogP contribution in [0.3, 0.4) is 0 Å². The molecule has 0 bridgehead atoms. The van der Waals surface area contributed by atoms with E-state index in [0.717, 1.165) is 30.0 Å². The fourth-order valence-electron chi connectivity index (χ4n) is 5.40. The van der Waals surface area contributed by atoms with E-state index in [1.54, 1.807) is 62.7 Å². The largest absolute Gasteiger partial charge is 0.481 e. The molecule has 14 heteroatoms. The van der Waals surface area contributed by atoms with E-state index < -0.39 is 28.5 Å². The van der Waals surface area contributed by atoms with E-state index >= 15 is 0 Å². The van der Waals surface area contributed by atoms with Crippen LogP contribution in [-0.2, 0) is 30.9 Å². The number of pyridine rings is 2. The molecule has 0 radical (unpaired) electrons. The van der Waals surface area contributed by atoms with Crippen molar-refractivity contribution >= 4 is 61.1 Å². The quantitative estimate of drug-likeness (QED) is 0.180. The minimum atomic E-state index is -4.10. The molecule has 4 aromatic rings. The van der Waals surface area contributed by atoms with Gasteiger partial charge < -0.3 is 14.8 Å². The number of benzene rings is 1. The highest BCUT2D eigenvalue weighted by atomic mass is 35.5. The first-order chi connectivity index (χ1) is 21.3. The van der Waals surface area contributed by atoms with Gasteiger partial charge in [-0.05, 0) is 55.2 Å². The molecule has 1 aliphatic rings. The highest BCUT2D eigenvalue weighted by Gasteiger charge is 2.30. The number of nitrogens with one attached hydrogen (secondary N) is 1. The topological polar surface area (TPSA) is 141 Å². The molecule has 240 valence electrons. The predicted octanol–water partition coefficient (Wildman–Crippen LogP) is 5.57. The summed E-state index contributed by atoms with van der Waals surface area (Å²) in [6.45, 7) is 1.25. The van der Waals surface area contributed by atoms with Crippen LogP contribution in [0, 0.1) is 5.92 Å². The molecule has 3 aromatic heterocycles. The molecule has 0 saturated heterocycles. The van der Waals surface area contributed by atoms with Gasteiger partial charge >= 0.3 is 5.97 Å². The second-order valence-corrected chi connectivity index (χ2v) is 13.5. The predicted molar refractivity (Wildman–Crippen MR) is 174 cm³/mol. The molecular formula is C31H36ClN5O6S2. The van der Waals surface area contributed by atoms with E-state index in [2.05, 4.69) is 20.3 Å². The van der Waals surface area contributed by atoms with Gasteiger partial charge in [0, 0.05) is 12.3 Å². The van der Waals surface area contributed by atoms with Crippen LogP contribution < -0.4 is 10.1 Å². The van der Waals surface area contributed by atoms with Gasteiger partial charge in [-0.25, -0.2) is 18.4 Å². The number of nitrogens with zero attached hydrogens (tertiary/aromatic N) is 4. The Kier molecular flexibility index (Phi) is 11.8. The molecule has 11 nitrogen and oxygen atoms in total. The van der Waals surface area contributed by atoms with Crippen LogP contribution in [0.4, 0.5) is 5.13 Å². The number of sulfonamides is 1. The molecule has 1 aromatic carbocycles. The molecule has 0 aliphatic heterocycles. The number of methoxy groups -OCH3 is 1. The first kappa shape index (κ1) is 34.2. The second kappa shape index (κ2) is 15.6. The van der Waals surface area contributed by atoms with Crippen LogP contribution in [0.5, 0.6) is 5.88 Å². The molecule has 1 saturated carbocycles. The van der Waals surface area contributed by atoms with Crippen molar-refractivity contribution in [3.8, 4) is 5.88 Å². The third kappa shape index (κ3) is 8.54. The average Bonchev–Trinajstić information content (AvgIpc) is 3.69. The number of carbonyl (C=O) groups is 2. The molecular weight excluding hydrogens is 638 g/mol. The van der Waals surface area contributed by atoms with Crippen LogP contribution in [0.1, 0.15) is 56.2 Å². The fraction of sp³-hybridized carbons (Fsp3) is 0.387. The lowest BCUT2D eigenvalue weighted by Crippen LogP contribution is -2.36. The Morgan fingerprint density at radius 3 is 2.49 bits per heavy atom. The first-order valence-corrected chi connectivity index (χ1v) is 16.8. The minimum absolute atomic E-state index is 0. The zero-order valence-corrected chi connectivity index (χ0v) is 27.5.